The average molecular weight is 196 g/mol. The summed E-state index contributed by atoms with van der Waals surface area (Å²) in [5, 5.41) is 3.22. The monoisotopic (exact) mass is 196 g/mol. The van der Waals surface area contributed by atoms with Gasteiger partial charge in [-0.15, -0.1) is 0 Å². The van der Waals surface area contributed by atoms with E-state index in [1.807, 2.05) is 0 Å². The molecule has 0 saturated heterocycles. The number of aromatic nitrogens is 1. The lowest BCUT2D eigenvalue weighted by Crippen LogP contribution is -2.19. The number of hydrogen-bond acceptors (Lipinski definition) is 4. The summed E-state index contributed by atoms with van der Waals surface area (Å²) in [6.07, 6.45) is 5.87. The third-order valence-corrected chi connectivity index (χ3v) is 2.26. The molecule has 4 nitrogen and oxygen atoms in total. The van der Waals surface area contributed by atoms with E-state index in [0.717, 1.165) is 38.0 Å². The van der Waals surface area contributed by atoms with Crippen LogP contribution < -0.4 is 5.32 Å². The van der Waals surface area contributed by atoms with Crippen LogP contribution >= 0.6 is 0 Å². The molecule has 1 aliphatic carbocycles. The Morgan fingerprint density at radius 2 is 2.50 bits per heavy atom. The van der Waals surface area contributed by atoms with E-state index in [-0.39, 0.29) is 0 Å². The summed E-state index contributed by atoms with van der Waals surface area (Å²) in [5.74, 6) is 1.72. The van der Waals surface area contributed by atoms with Gasteiger partial charge in [0.15, 0.2) is 6.39 Å². The van der Waals surface area contributed by atoms with Crippen molar-refractivity contribution in [1.82, 2.24) is 10.3 Å². The molecule has 0 atom stereocenters. The van der Waals surface area contributed by atoms with Crippen LogP contribution in [0.5, 0.6) is 0 Å². The molecule has 1 N–H and O–H groups in total. The van der Waals surface area contributed by atoms with Gasteiger partial charge in [-0.1, -0.05) is 0 Å². The van der Waals surface area contributed by atoms with E-state index in [4.69, 9.17) is 9.15 Å². The van der Waals surface area contributed by atoms with Gasteiger partial charge in [0, 0.05) is 13.2 Å². The number of hydrogen-bond donors (Lipinski definition) is 1. The van der Waals surface area contributed by atoms with E-state index >= 15 is 0 Å². The van der Waals surface area contributed by atoms with Crippen LogP contribution in [0.15, 0.2) is 17.0 Å². The third-order valence-electron chi connectivity index (χ3n) is 2.26. The fourth-order valence-corrected chi connectivity index (χ4v) is 1.22. The molecular weight excluding hydrogens is 180 g/mol. The molecule has 0 aromatic carbocycles. The van der Waals surface area contributed by atoms with Crippen LogP contribution in [0.2, 0.25) is 0 Å². The van der Waals surface area contributed by atoms with Crippen molar-refractivity contribution in [2.24, 2.45) is 5.92 Å². The number of ether oxygens (including phenoxy) is 1. The lowest BCUT2D eigenvalue weighted by atomic mass is 10.5. The highest BCUT2D eigenvalue weighted by Crippen LogP contribution is 2.28. The Morgan fingerprint density at radius 1 is 1.57 bits per heavy atom. The quantitative estimate of drug-likeness (QED) is 0.665. The lowest BCUT2D eigenvalue weighted by Gasteiger charge is -2.03. The topological polar surface area (TPSA) is 47.3 Å². The first-order valence-corrected chi connectivity index (χ1v) is 5.11. The van der Waals surface area contributed by atoms with Gasteiger partial charge in [0.1, 0.15) is 5.76 Å². The third kappa shape index (κ3) is 3.47. The molecule has 1 aromatic rings. The molecule has 4 heteroatoms. The highest BCUT2D eigenvalue weighted by Gasteiger charge is 2.20. The normalized spacial score (nSPS) is 16.0. The summed E-state index contributed by atoms with van der Waals surface area (Å²) in [7, 11) is 0. The van der Waals surface area contributed by atoms with Gasteiger partial charge < -0.3 is 14.5 Å². The van der Waals surface area contributed by atoms with Gasteiger partial charge in [0.05, 0.1) is 19.3 Å². The molecule has 1 fully saturated rings. The summed E-state index contributed by atoms with van der Waals surface area (Å²) < 4.78 is 10.5. The maximum atomic E-state index is 5.47. The first kappa shape index (κ1) is 9.68. The number of oxazole rings is 1. The van der Waals surface area contributed by atoms with Crippen molar-refractivity contribution in [2.45, 2.75) is 19.4 Å². The van der Waals surface area contributed by atoms with Crippen molar-refractivity contribution in [3.05, 3.63) is 18.4 Å². The van der Waals surface area contributed by atoms with Crippen molar-refractivity contribution >= 4 is 0 Å². The Kier molecular flexibility index (Phi) is 3.54. The maximum absolute atomic E-state index is 5.47. The summed E-state index contributed by atoms with van der Waals surface area (Å²) in [6.45, 7) is 3.31. The van der Waals surface area contributed by atoms with Gasteiger partial charge in [-0.05, 0) is 18.8 Å². The fraction of sp³-hybridized carbons (Fsp3) is 0.700. The minimum absolute atomic E-state index is 0.729. The van der Waals surface area contributed by atoms with Crippen LogP contribution in [-0.4, -0.2) is 24.7 Å². The molecule has 2 rings (SSSR count). The molecule has 1 heterocycles. The molecule has 0 aliphatic heterocycles. The summed E-state index contributed by atoms with van der Waals surface area (Å²) in [5.41, 5.74) is 0. The first-order chi connectivity index (χ1) is 6.95. The predicted molar refractivity (Wildman–Crippen MR) is 51.8 cm³/mol. The predicted octanol–water partition coefficient (Wildman–Crippen LogP) is 1.19. The number of rotatable bonds is 7. The van der Waals surface area contributed by atoms with Gasteiger partial charge in [-0.3, -0.25) is 0 Å². The Morgan fingerprint density at radius 3 is 3.21 bits per heavy atom. The summed E-state index contributed by atoms with van der Waals surface area (Å²) in [4.78, 5) is 3.83. The van der Waals surface area contributed by atoms with Gasteiger partial charge in [0.25, 0.3) is 0 Å². The second-order valence-corrected chi connectivity index (χ2v) is 3.66. The fourth-order valence-electron chi connectivity index (χ4n) is 1.22. The highest BCUT2D eigenvalue weighted by atomic mass is 16.5. The summed E-state index contributed by atoms with van der Waals surface area (Å²) >= 11 is 0. The van der Waals surface area contributed by atoms with Crippen molar-refractivity contribution in [3.63, 3.8) is 0 Å². The zero-order valence-electron chi connectivity index (χ0n) is 8.24. The van der Waals surface area contributed by atoms with Crippen molar-refractivity contribution < 1.29 is 9.15 Å². The standard InChI is InChI=1S/C10H16N2O2/c1-2-9(1)7-13-4-3-11-5-10-6-12-8-14-10/h6,8-9,11H,1-5,7H2. The molecule has 0 amide bonds. The number of nitrogens with zero attached hydrogens (tertiary/aromatic N) is 1. The van der Waals surface area contributed by atoms with Crippen molar-refractivity contribution in [1.29, 1.82) is 0 Å². The van der Waals surface area contributed by atoms with Crippen LogP contribution in [0, 0.1) is 5.92 Å². The zero-order chi connectivity index (χ0) is 9.64. The molecule has 0 unspecified atom stereocenters. The van der Waals surface area contributed by atoms with E-state index < -0.39 is 0 Å². The average Bonchev–Trinajstić information content (AvgIpc) is 2.87. The molecule has 1 aliphatic rings. The smallest absolute Gasteiger partial charge is 0.180 e. The van der Waals surface area contributed by atoms with Crippen LogP contribution in [0.3, 0.4) is 0 Å². The second kappa shape index (κ2) is 5.12. The van der Waals surface area contributed by atoms with E-state index in [1.165, 1.54) is 19.2 Å². The second-order valence-electron chi connectivity index (χ2n) is 3.66. The van der Waals surface area contributed by atoms with E-state index in [1.54, 1.807) is 6.20 Å². The van der Waals surface area contributed by atoms with Crippen LogP contribution in [0.25, 0.3) is 0 Å². The molecule has 0 radical (unpaired) electrons. The number of nitrogens with one attached hydrogen (secondary N) is 1. The maximum Gasteiger partial charge on any atom is 0.180 e. The first-order valence-electron chi connectivity index (χ1n) is 5.11. The molecule has 14 heavy (non-hydrogen) atoms. The highest BCUT2D eigenvalue weighted by molar-refractivity contribution is 4.86. The Balaban J connectivity index is 1.43. The molecule has 0 bridgehead atoms. The van der Waals surface area contributed by atoms with Crippen LogP contribution in [-0.2, 0) is 11.3 Å². The lowest BCUT2D eigenvalue weighted by molar-refractivity contribution is 0.125. The van der Waals surface area contributed by atoms with Crippen molar-refractivity contribution in [3.8, 4) is 0 Å². The van der Waals surface area contributed by atoms with Gasteiger partial charge in [-0.2, -0.15) is 0 Å². The van der Waals surface area contributed by atoms with E-state index in [9.17, 15) is 0 Å². The summed E-state index contributed by atoms with van der Waals surface area (Å²) in [6, 6.07) is 0. The molecular formula is C10H16N2O2. The molecule has 1 saturated carbocycles. The van der Waals surface area contributed by atoms with Gasteiger partial charge in [0.2, 0.25) is 0 Å². The molecule has 78 valence electrons. The molecule has 0 spiro atoms. The van der Waals surface area contributed by atoms with Gasteiger partial charge >= 0.3 is 0 Å². The Hall–Kier alpha value is -0.870. The minimum atomic E-state index is 0.729. The minimum Gasteiger partial charge on any atom is -0.447 e. The van der Waals surface area contributed by atoms with Crippen molar-refractivity contribution in [2.75, 3.05) is 19.8 Å². The SMILES string of the molecule is c1ncc(CNCCOCC2CC2)o1. The van der Waals surface area contributed by atoms with E-state index in [0.29, 0.717) is 0 Å². The van der Waals surface area contributed by atoms with Gasteiger partial charge in [-0.25, -0.2) is 4.98 Å². The zero-order valence-corrected chi connectivity index (χ0v) is 8.24. The Labute approximate surface area is 83.7 Å². The molecule has 1 aromatic heterocycles. The largest absolute Gasteiger partial charge is 0.447 e. The van der Waals surface area contributed by atoms with Crippen LogP contribution in [0.1, 0.15) is 18.6 Å². The Bertz CT molecular complexity index is 245. The van der Waals surface area contributed by atoms with Crippen LogP contribution in [0.4, 0.5) is 0 Å². The van der Waals surface area contributed by atoms with E-state index in [2.05, 4.69) is 10.3 Å².